The highest BCUT2D eigenvalue weighted by Gasteiger charge is 2.05. The molecule has 1 aromatic heterocycles. The molecule has 2 N–H and O–H groups in total. The molecule has 1 amide bonds. The van der Waals surface area contributed by atoms with Crippen LogP contribution in [0.3, 0.4) is 0 Å². The number of methoxy groups -OCH3 is 1. The van der Waals surface area contributed by atoms with Gasteiger partial charge in [-0.2, -0.15) is 0 Å². The lowest BCUT2D eigenvalue weighted by atomic mass is 10.2. The Morgan fingerprint density at radius 1 is 1.19 bits per heavy atom. The summed E-state index contributed by atoms with van der Waals surface area (Å²) in [6, 6.07) is 12.1. The van der Waals surface area contributed by atoms with Crippen LogP contribution < -0.4 is 15.4 Å². The third-order valence-corrected chi connectivity index (χ3v) is 3.97. The Labute approximate surface area is 134 Å². The predicted octanol–water partition coefficient (Wildman–Crippen LogP) is 2.68. The smallest absolute Gasteiger partial charge is 0.234 e. The van der Waals surface area contributed by atoms with Crippen LogP contribution in [0.5, 0.6) is 5.75 Å². The van der Waals surface area contributed by atoms with Crippen LogP contribution in [0.2, 0.25) is 0 Å². The number of benzene rings is 1. The zero-order valence-electron chi connectivity index (χ0n) is 12.0. The fourth-order valence-corrected chi connectivity index (χ4v) is 2.75. The van der Waals surface area contributed by atoms with E-state index >= 15 is 0 Å². The highest BCUT2D eigenvalue weighted by atomic mass is 35.5. The molecule has 114 valence electrons. The fourth-order valence-electron chi connectivity index (χ4n) is 1.79. The molecule has 0 aliphatic carbocycles. The Hall–Kier alpha value is -1.56. The van der Waals surface area contributed by atoms with Gasteiger partial charge in [0.25, 0.3) is 0 Å². The standard InChI is InChI=1S/C15H18N2O2S.ClH/c1-16-10-15(18)17-9-13-7-8-14(20-13)11-3-5-12(19-2)6-4-11;/h3-8,16H,9-10H2,1-2H3,(H,17,18);1H. The lowest BCUT2D eigenvalue weighted by Gasteiger charge is -2.02. The summed E-state index contributed by atoms with van der Waals surface area (Å²) in [4.78, 5) is 13.7. The first-order valence-corrected chi connectivity index (χ1v) is 7.19. The normalized spacial score (nSPS) is 9.81. The van der Waals surface area contributed by atoms with Crippen LogP contribution in [0.25, 0.3) is 10.4 Å². The van der Waals surface area contributed by atoms with Gasteiger partial charge in [0.1, 0.15) is 5.75 Å². The predicted molar refractivity (Wildman–Crippen MR) is 89.3 cm³/mol. The van der Waals surface area contributed by atoms with Gasteiger partial charge in [-0.25, -0.2) is 0 Å². The second kappa shape index (κ2) is 8.67. The molecule has 4 nitrogen and oxygen atoms in total. The van der Waals surface area contributed by atoms with E-state index < -0.39 is 0 Å². The maximum atomic E-state index is 11.4. The zero-order chi connectivity index (χ0) is 14.4. The number of hydrogen-bond acceptors (Lipinski definition) is 4. The average molecular weight is 327 g/mol. The number of halogens is 1. The second-order valence-electron chi connectivity index (χ2n) is 4.30. The van der Waals surface area contributed by atoms with Gasteiger partial charge in [0, 0.05) is 9.75 Å². The topological polar surface area (TPSA) is 50.4 Å². The Kier molecular flexibility index (Phi) is 7.22. The summed E-state index contributed by atoms with van der Waals surface area (Å²) in [5.41, 5.74) is 1.16. The van der Waals surface area contributed by atoms with E-state index in [9.17, 15) is 4.79 Å². The van der Waals surface area contributed by atoms with Crippen molar-refractivity contribution >= 4 is 29.7 Å². The van der Waals surface area contributed by atoms with Gasteiger partial charge < -0.3 is 15.4 Å². The summed E-state index contributed by atoms with van der Waals surface area (Å²) < 4.78 is 5.15. The number of ether oxygens (including phenoxy) is 1. The van der Waals surface area contributed by atoms with E-state index in [1.807, 2.05) is 30.3 Å². The number of rotatable bonds is 6. The second-order valence-corrected chi connectivity index (χ2v) is 5.47. The number of carbonyl (C=O) groups excluding carboxylic acids is 1. The number of hydrogen-bond donors (Lipinski definition) is 2. The van der Waals surface area contributed by atoms with Crippen LogP contribution in [-0.4, -0.2) is 26.6 Å². The molecular weight excluding hydrogens is 308 g/mol. The third-order valence-electron chi connectivity index (χ3n) is 2.83. The first-order valence-electron chi connectivity index (χ1n) is 6.37. The number of thiophene rings is 1. The average Bonchev–Trinajstić information content (AvgIpc) is 2.94. The Balaban J connectivity index is 0.00000220. The molecule has 0 aliphatic heterocycles. The number of amides is 1. The van der Waals surface area contributed by atoms with Gasteiger partial charge >= 0.3 is 0 Å². The zero-order valence-corrected chi connectivity index (χ0v) is 13.6. The van der Waals surface area contributed by atoms with E-state index in [1.54, 1.807) is 25.5 Å². The van der Waals surface area contributed by atoms with Crippen molar-refractivity contribution in [2.24, 2.45) is 0 Å². The van der Waals surface area contributed by atoms with Crippen molar-refractivity contribution in [2.45, 2.75) is 6.54 Å². The molecule has 1 aromatic carbocycles. The van der Waals surface area contributed by atoms with Gasteiger partial charge in [-0.1, -0.05) is 0 Å². The van der Waals surface area contributed by atoms with E-state index in [2.05, 4.69) is 16.7 Å². The van der Waals surface area contributed by atoms with Crippen LogP contribution in [-0.2, 0) is 11.3 Å². The molecule has 0 bridgehead atoms. The van der Waals surface area contributed by atoms with Crippen molar-refractivity contribution in [3.8, 4) is 16.2 Å². The van der Waals surface area contributed by atoms with Crippen LogP contribution in [0.4, 0.5) is 0 Å². The molecule has 0 fully saturated rings. The molecule has 0 aliphatic rings. The van der Waals surface area contributed by atoms with E-state index in [0.29, 0.717) is 13.1 Å². The molecule has 21 heavy (non-hydrogen) atoms. The molecule has 0 saturated heterocycles. The summed E-state index contributed by atoms with van der Waals surface area (Å²) in [6.45, 7) is 0.915. The first-order chi connectivity index (χ1) is 9.72. The maximum absolute atomic E-state index is 11.4. The number of likely N-dealkylation sites (N-methyl/N-ethyl adjacent to an activating group) is 1. The van der Waals surface area contributed by atoms with Crippen molar-refractivity contribution in [3.05, 3.63) is 41.3 Å². The summed E-state index contributed by atoms with van der Waals surface area (Å²) >= 11 is 1.68. The van der Waals surface area contributed by atoms with Crippen LogP contribution in [0.1, 0.15) is 4.88 Å². The highest BCUT2D eigenvalue weighted by Crippen LogP contribution is 2.29. The third kappa shape index (κ3) is 5.04. The van der Waals surface area contributed by atoms with Crippen molar-refractivity contribution in [1.29, 1.82) is 0 Å². The van der Waals surface area contributed by atoms with Crippen LogP contribution in [0.15, 0.2) is 36.4 Å². The van der Waals surface area contributed by atoms with E-state index in [-0.39, 0.29) is 18.3 Å². The van der Waals surface area contributed by atoms with E-state index in [0.717, 1.165) is 16.2 Å². The summed E-state index contributed by atoms with van der Waals surface area (Å²) in [5, 5.41) is 5.70. The molecule has 0 radical (unpaired) electrons. The van der Waals surface area contributed by atoms with Crippen molar-refractivity contribution in [3.63, 3.8) is 0 Å². The summed E-state index contributed by atoms with van der Waals surface area (Å²) in [6.07, 6.45) is 0. The van der Waals surface area contributed by atoms with E-state index in [4.69, 9.17) is 4.74 Å². The Morgan fingerprint density at radius 2 is 1.90 bits per heavy atom. The highest BCUT2D eigenvalue weighted by molar-refractivity contribution is 7.15. The molecule has 0 atom stereocenters. The van der Waals surface area contributed by atoms with Gasteiger partial charge in [-0.15, -0.1) is 23.7 Å². The van der Waals surface area contributed by atoms with Crippen molar-refractivity contribution < 1.29 is 9.53 Å². The van der Waals surface area contributed by atoms with E-state index in [1.165, 1.54) is 4.88 Å². The Bertz CT molecular complexity index is 569. The molecule has 1 heterocycles. The van der Waals surface area contributed by atoms with Gasteiger partial charge in [-0.3, -0.25) is 4.79 Å². The maximum Gasteiger partial charge on any atom is 0.234 e. The van der Waals surface area contributed by atoms with Gasteiger partial charge in [0.05, 0.1) is 20.2 Å². The minimum absolute atomic E-state index is 0. The van der Waals surface area contributed by atoms with Gasteiger partial charge in [-0.05, 0) is 49.0 Å². The summed E-state index contributed by atoms with van der Waals surface area (Å²) in [5.74, 6) is 0.858. The fraction of sp³-hybridized carbons (Fsp3) is 0.267. The molecule has 2 rings (SSSR count). The van der Waals surface area contributed by atoms with Crippen LogP contribution >= 0.6 is 23.7 Å². The molecule has 0 spiro atoms. The summed E-state index contributed by atoms with van der Waals surface area (Å²) in [7, 11) is 3.42. The minimum atomic E-state index is 0. The first kappa shape index (κ1) is 17.5. The lowest BCUT2D eigenvalue weighted by Crippen LogP contribution is -2.31. The monoisotopic (exact) mass is 326 g/mol. The number of carbonyl (C=O) groups is 1. The SMILES string of the molecule is CNCC(=O)NCc1ccc(-c2ccc(OC)cc2)s1.Cl. The quantitative estimate of drug-likeness (QED) is 0.858. The lowest BCUT2D eigenvalue weighted by molar-refractivity contribution is -0.120. The molecule has 0 unspecified atom stereocenters. The van der Waals surface area contributed by atoms with Crippen LogP contribution in [0, 0.1) is 0 Å². The van der Waals surface area contributed by atoms with Crippen molar-refractivity contribution in [1.82, 2.24) is 10.6 Å². The molecule has 2 aromatic rings. The molecule has 6 heteroatoms. The molecule has 0 saturated carbocycles. The largest absolute Gasteiger partial charge is 0.497 e. The molecular formula is C15H19ClN2O2S. The van der Waals surface area contributed by atoms with Crippen molar-refractivity contribution in [2.75, 3.05) is 20.7 Å². The minimum Gasteiger partial charge on any atom is -0.497 e. The number of nitrogens with one attached hydrogen (secondary N) is 2. The van der Waals surface area contributed by atoms with Gasteiger partial charge in [0.2, 0.25) is 5.91 Å². The van der Waals surface area contributed by atoms with Gasteiger partial charge in [0.15, 0.2) is 0 Å². The Morgan fingerprint density at radius 3 is 2.52 bits per heavy atom.